The zero-order chi connectivity index (χ0) is 10.7. The molecule has 0 aliphatic heterocycles. The van der Waals surface area contributed by atoms with Crippen molar-refractivity contribution >= 4 is 10.8 Å². The van der Waals surface area contributed by atoms with Crippen molar-refractivity contribution in [1.82, 2.24) is 0 Å². The minimum absolute atomic E-state index is 1.03. The van der Waals surface area contributed by atoms with Crippen molar-refractivity contribution in [3.63, 3.8) is 0 Å². The van der Waals surface area contributed by atoms with Crippen LogP contribution in [0.2, 0.25) is 0 Å². The molecule has 0 heteroatoms. The van der Waals surface area contributed by atoms with Crippen molar-refractivity contribution in [1.29, 1.82) is 0 Å². The Morgan fingerprint density at radius 1 is 1.00 bits per heavy atom. The monoisotopic (exact) mass is 196 g/mol. The van der Waals surface area contributed by atoms with Crippen molar-refractivity contribution < 1.29 is 0 Å². The second kappa shape index (κ2) is 4.31. The predicted molar refractivity (Wildman–Crippen MR) is 67.1 cm³/mol. The van der Waals surface area contributed by atoms with E-state index >= 15 is 0 Å². The summed E-state index contributed by atoms with van der Waals surface area (Å²) in [7, 11) is 0. The first-order valence-electron chi connectivity index (χ1n) is 5.37. The van der Waals surface area contributed by atoms with E-state index in [1.165, 1.54) is 21.9 Å². The van der Waals surface area contributed by atoms with Gasteiger partial charge in [-0.15, -0.1) is 0 Å². The van der Waals surface area contributed by atoms with Crippen molar-refractivity contribution in [2.75, 3.05) is 0 Å². The predicted octanol–water partition coefficient (Wildman–Crippen LogP) is 4.35. The number of benzene rings is 2. The molecule has 0 radical (unpaired) electrons. The Hall–Kier alpha value is -1.56. The van der Waals surface area contributed by atoms with Crippen LogP contribution in [-0.2, 0) is 6.42 Å². The molecule has 0 atom stereocenters. The summed E-state index contributed by atoms with van der Waals surface area (Å²) in [6.45, 7) is 4.29. The van der Waals surface area contributed by atoms with Gasteiger partial charge in [0.2, 0.25) is 0 Å². The SMILES string of the molecule is CC(C)=CCc1cccc2ccccc12. The summed E-state index contributed by atoms with van der Waals surface area (Å²) in [6.07, 6.45) is 3.31. The Bertz CT molecular complexity index is 483. The van der Waals surface area contributed by atoms with E-state index in [4.69, 9.17) is 0 Å². The molecule has 2 rings (SSSR count). The molecule has 0 heterocycles. The number of fused-ring (bicyclic) bond motifs is 1. The Kier molecular flexibility index (Phi) is 2.86. The Morgan fingerprint density at radius 2 is 1.73 bits per heavy atom. The van der Waals surface area contributed by atoms with E-state index in [-0.39, 0.29) is 0 Å². The molecule has 0 unspecified atom stereocenters. The molecule has 0 aliphatic carbocycles. The zero-order valence-corrected chi connectivity index (χ0v) is 9.33. The standard InChI is InChI=1S/C15H16/c1-12(2)10-11-14-8-5-7-13-6-3-4-9-15(13)14/h3-10H,11H2,1-2H3. The quantitative estimate of drug-likeness (QED) is 0.626. The van der Waals surface area contributed by atoms with Gasteiger partial charge in [-0.25, -0.2) is 0 Å². The van der Waals surface area contributed by atoms with Gasteiger partial charge in [0, 0.05) is 0 Å². The molecule has 0 amide bonds. The number of hydrogen-bond acceptors (Lipinski definition) is 0. The van der Waals surface area contributed by atoms with Gasteiger partial charge in [0.05, 0.1) is 0 Å². The number of hydrogen-bond donors (Lipinski definition) is 0. The fourth-order valence-corrected chi connectivity index (χ4v) is 1.78. The van der Waals surface area contributed by atoms with Crippen LogP contribution in [0.25, 0.3) is 10.8 Å². The van der Waals surface area contributed by atoms with Gasteiger partial charge in [-0.1, -0.05) is 54.1 Å². The van der Waals surface area contributed by atoms with Crippen LogP contribution in [-0.4, -0.2) is 0 Å². The lowest BCUT2D eigenvalue weighted by Gasteiger charge is -2.03. The van der Waals surface area contributed by atoms with Crippen LogP contribution < -0.4 is 0 Å². The van der Waals surface area contributed by atoms with Crippen LogP contribution in [0.5, 0.6) is 0 Å². The third-order valence-electron chi connectivity index (χ3n) is 2.61. The first kappa shape index (κ1) is 9.97. The molecular weight excluding hydrogens is 180 g/mol. The average molecular weight is 196 g/mol. The highest BCUT2D eigenvalue weighted by Gasteiger charge is 1.97. The van der Waals surface area contributed by atoms with Gasteiger partial charge < -0.3 is 0 Å². The molecule has 2 aromatic rings. The second-order valence-corrected chi connectivity index (χ2v) is 4.12. The van der Waals surface area contributed by atoms with E-state index in [0.29, 0.717) is 0 Å². The van der Waals surface area contributed by atoms with Gasteiger partial charge in [0.25, 0.3) is 0 Å². The average Bonchev–Trinajstić information content (AvgIpc) is 2.26. The summed E-state index contributed by atoms with van der Waals surface area (Å²) in [4.78, 5) is 0. The van der Waals surface area contributed by atoms with Gasteiger partial charge in [0.1, 0.15) is 0 Å². The first-order valence-corrected chi connectivity index (χ1v) is 5.37. The van der Waals surface area contributed by atoms with Gasteiger partial charge in [0.15, 0.2) is 0 Å². The summed E-state index contributed by atoms with van der Waals surface area (Å²) in [6, 6.07) is 15.1. The Balaban J connectivity index is 2.47. The second-order valence-electron chi connectivity index (χ2n) is 4.12. The van der Waals surface area contributed by atoms with Crippen molar-refractivity contribution in [2.45, 2.75) is 20.3 Å². The van der Waals surface area contributed by atoms with E-state index in [1.807, 2.05) is 0 Å². The highest BCUT2D eigenvalue weighted by atomic mass is 14.0. The van der Waals surface area contributed by atoms with Crippen LogP contribution >= 0.6 is 0 Å². The van der Waals surface area contributed by atoms with Gasteiger partial charge in [-0.05, 0) is 36.6 Å². The largest absolute Gasteiger partial charge is 0.0815 e. The van der Waals surface area contributed by atoms with Crippen molar-refractivity contribution in [3.8, 4) is 0 Å². The van der Waals surface area contributed by atoms with Crippen LogP contribution in [0.1, 0.15) is 19.4 Å². The van der Waals surface area contributed by atoms with E-state index < -0.39 is 0 Å². The molecule has 0 aliphatic rings. The molecule has 15 heavy (non-hydrogen) atoms. The van der Waals surface area contributed by atoms with E-state index in [1.54, 1.807) is 0 Å². The normalized spacial score (nSPS) is 10.3. The molecular formula is C15H16. The molecule has 0 nitrogen and oxygen atoms in total. The molecule has 0 saturated carbocycles. The number of rotatable bonds is 2. The summed E-state index contributed by atoms with van der Waals surface area (Å²) < 4.78 is 0. The molecule has 0 saturated heterocycles. The van der Waals surface area contributed by atoms with Crippen LogP contribution in [0.4, 0.5) is 0 Å². The molecule has 0 spiro atoms. The summed E-state index contributed by atoms with van der Waals surface area (Å²) in [5.41, 5.74) is 2.79. The summed E-state index contributed by atoms with van der Waals surface area (Å²) in [5.74, 6) is 0. The Morgan fingerprint density at radius 3 is 2.53 bits per heavy atom. The molecule has 0 fully saturated rings. The van der Waals surface area contributed by atoms with E-state index in [9.17, 15) is 0 Å². The summed E-state index contributed by atoms with van der Waals surface area (Å²) in [5, 5.41) is 2.70. The molecule has 0 N–H and O–H groups in total. The van der Waals surface area contributed by atoms with E-state index in [2.05, 4.69) is 62.4 Å². The van der Waals surface area contributed by atoms with Crippen LogP contribution in [0, 0.1) is 0 Å². The third-order valence-corrected chi connectivity index (χ3v) is 2.61. The highest BCUT2D eigenvalue weighted by molar-refractivity contribution is 5.85. The molecule has 76 valence electrons. The minimum atomic E-state index is 1.03. The molecule has 2 aromatic carbocycles. The maximum Gasteiger partial charge on any atom is -0.00888 e. The van der Waals surface area contributed by atoms with Gasteiger partial charge in [-0.3, -0.25) is 0 Å². The smallest absolute Gasteiger partial charge is 0.00888 e. The van der Waals surface area contributed by atoms with Crippen molar-refractivity contribution in [2.24, 2.45) is 0 Å². The third kappa shape index (κ3) is 2.27. The topological polar surface area (TPSA) is 0 Å². The zero-order valence-electron chi connectivity index (χ0n) is 9.33. The van der Waals surface area contributed by atoms with E-state index in [0.717, 1.165) is 6.42 Å². The fourth-order valence-electron chi connectivity index (χ4n) is 1.78. The summed E-state index contributed by atoms with van der Waals surface area (Å²) >= 11 is 0. The lowest BCUT2D eigenvalue weighted by atomic mass is 10.0. The highest BCUT2D eigenvalue weighted by Crippen LogP contribution is 2.19. The van der Waals surface area contributed by atoms with Crippen LogP contribution in [0.15, 0.2) is 54.1 Å². The van der Waals surface area contributed by atoms with Gasteiger partial charge in [-0.2, -0.15) is 0 Å². The first-order chi connectivity index (χ1) is 7.27. The maximum absolute atomic E-state index is 2.28. The van der Waals surface area contributed by atoms with Gasteiger partial charge >= 0.3 is 0 Å². The molecule has 0 bridgehead atoms. The minimum Gasteiger partial charge on any atom is -0.0815 e. The molecule has 0 aromatic heterocycles. The lowest BCUT2D eigenvalue weighted by molar-refractivity contribution is 1.23. The lowest BCUT2D eigenvalue weighted by Crippen LogP contribution is -1.84. The van der Waals surface area contributed by atoms with Crippen LogP contribution in [0.3, 0.4) is 0 Å². The maximum atomic E-state index is 2.28. The fraction of sp³-hybridized carbons (Fsp3) is 0.200. The number of allylic oxidation sites excluding steroid dienone is 2. The Labute approximate surface area is 91.2 Å². The van der Waals surface area contributed by atoms with Crippen molar-refractivity contribution in [3.05, 3.63) is 59.7 Å².